The summed E-state index contributed by atoms with van der Waals surface area (Å²) in [5, 5.41) is 0. The molecule has 2 atom stereocenters. The van der Waals surface area contributed by atoms with E-state index in [1.165, 1.54) is 0 Å². The molecule has 0 aromatic carbocycles. The summed E-state index contributed by atoms with van der Waals surface area (Å²) in [7, 11) is 0. The Kier molecular flexibility index (Phi) is 3.74. The number of nitrogens with two attached hydrogens (primary N) is 1. The second kappa shape index (κ2) is 5.27. The summed E-state index contributed by atoms with van der Waals surface area (Å²) in [5.74, 6) is 0.481. The first-order valence-electron chi connectivity index (χ1n) is 6.16. The van der Waals surface area contributed by atoms with E-state index >= 15 is 0 Å². The average molecular weight is 233 g/mol. The molecule has 2 rings (SSSR count). The van der Waals surface area contributed by atoms with E-state index < -0.39 is 0 Å². The summed E-state index contributed by atoms with van der Waals surface area (Å²) in [4.78, 5) is 18.3. The Morgan fingerprint density at radius 1 is 1.59 bits per heavy atom. The highest BCUT2D eigenvalue weighted by atomic mass is 16.2. The monoisotopic (exact) mass is 233 g/mol. The maximum Gasteiger partial charge on any atom is 0.272 e. The van der Waals surface area contributed by atoms with Crippen molar-refractivity contribution in [3.63, 3.8) is 0 Å². The Bertz CT molecular complexity index is 380. The lowest BCUT2D eigenvalue weighted by Crippen LogP contribution is -2.51. The van der Waals surface area contributed by atoms with Gasteiger partial charge in [0.05, 0.1) is 0 Å². The molecule has 0 aliphatic carbocycles. The number of hydrogen-bond acceptors (Lipinski definition) is 3. The van der Waals surface area contributed by atoms with Crippen LogP contribution in [0.2, 0.25) is 0 Å². The summed E-state index contributed by atoms with van der Waals surface area (Å²) in [6, 6.07) is 5.56. The van der Waals surface area contributed by atoms with Crippen LogP contribution < -0.4 is 5.73 Å². The number of likely N-dealkylation sites (tertiary alicyclic amines) is 1. The maximum absolute atomic E-state index is 12.3. The molecule has 0 unspecified atom stereocenters. The van der Waals surface area contributed by atoms with E-state index in [0.29, 0.717) is 18.2 Å². The minimum absolute atomic E-state index is 0.00704. The van der Waals surface area contributed by atoms with Crippen LogP contribution in [-0.4, -0.2) is 34.9 Å². The van der Waals surface area contributed by atoms with Crippen molar-refractivity contribution in [3.05, 3.63) is 30.1 Å². The first-order chi connectivity index (χ1) is 8.24. The fourth-order valence-electron chi connectivity index (χ4n) is 2.50. The smallest absolute Gasteiger partial charge is 0.272 e. The van der Waals surface area contributed by atoms with Crippen LogP contribution in [0.4, 0.5) is 0 Å². The van der Waals surface area contributed by atoms with E-state index in [4.69, 9.17) is 5.73 Å². The molecule has 4 nitrogen and oxygen atoms in total. The standard InChI is InChI=1S/C13H19N3O/c1-10-5-4-8-16(12(10)9-14)13(17)11-6-2-3-7-15-11/h2-3,6-7,10,12H,4-5,8-9,14H2,1H3/t10-,12-/m0/s1. The molecule has 1 aliphatic rings. The summed E-state index contributed by atoms with van der Waals surface area (Å²) in [6.45, 7) is 3.48. The molecule has 92 valence electrons. The number of nitrogens with zero attached hydrogens (tertiary/aromatic N) is 2. The molecule has 0 spiro atoms. The van der Waals surface area contributed by atoms with Gasteiger partial charge in [-0.3, -0.25) is 9.78 Å². The first kappa shape index (κ1) is 12.0. The van der Waals surface area contributed by atoms with Gasteiger partial charge in [0.1, 0.15) is 5.69 Å². The highest BCUT2D eigenvalue weighted by molar-refractivity contribution is 5.92. The van der Waals surface area contributed by atoms with Crippen molar-refractivity contribution < 1.29 is 4.79 Å². The highest BCUT2D eigenvalue weighted by Crippen LogP contribution is 2.23. The van der Waals surface area contributed by atoms with Gasteiger partial charge in [-0.2, -0.15) is 0 Å². The predicted octanol–water partition coefficient (Wildman–Crippen LogP) is 1.28. The molecule has 1 amide bonds. The van der Waals surface area contributed by atoms with Gasteiger partial charge in [0.25, 0.3) is 5.91 Å². The maximum atomic E-state index is 12.3. The van der Waals surface area contributed by atoms with Gasteiger partial charge in [-0.25, -0.2) is 0 Å². The third-order valence-corrected chi connectivity index (χ3v) is 3.50. The Morgan fingerprint density at radius 3 is 3.06 bits per heavy atom. The lowest BCUT2D eigenvalue weighted by molar-refractivity contribution is 0.0526. The van der Waals surface area contributed by atoms with Crippen LogP contribution in [0.3, 0.4) is 0 Å². The second-order valence-electron chi connectivity index (χ2n) is 4.64. The van der Waals surface area contributed by atoms with Crippen molar-refractivity contribution in [1.29, 1.82) is 0 Å². The van der Waals surface area contributed by atoms with Gasteiger partial charge in [-0.05, 0) is 30.9 Å². The van der Waals surface area contributed by atoms with Crippen molar-refractivity contribution in [2.75, 3.05) is 13.1 Å². The van der Waals surface area contributed by atoms with Gasteiger partial charge in [0.2, 0.25) is 0 Å². The molecule has 1 fully saturated rings. The number of hydrogen-bond donors (Lipinski definition) is 1. The summed E-state index contributed by atoms with van der Waals surface area (Å²) in [6.07, 6.45) is 3.85. The Labute approximate surface area is 102 Å². The molecule has 2 heterocycles. The Balaban J connectivity index is 2.18. The number of pyridine rings is 1. The van der Waals surface area contributed by atoms with Crippen LogP contribution in [0.5, 0.6) is 0 Å². The number of carbonyl (C=O) groups is 1. The van der Waals surface area contributed by atoms with Gasteiger partial charge < -0.3 is 10.6 Å². The number of piperidine rings is 1. The minimum atomic E-state index is 0.00704. The van der Waals surface area contributed by atoms with Crippen molar-refractivity contribution in [1.82, 2.24) is 9.88 Å². The van der Waals surface area contributed by atoms with Crippen LogP contribution in [0.25, 0.3) is 0 Å². The van der Waals surface area contributed by atoms with Crippen LogP contribution in [0.15, 0.2) is 24.4 Å². The molecule has 0 bridgehead atoms. The van der Waals surface area contributed by atoms with Crippen molar-refractivity contribution in [2.45, 2.75) is 25.8 Å². The number of carbonyl (C=O) groups excluding carboxylic acids is 1. The molecule has 1 aliphatic heterocycles. The summed E-state index contributed by atoms with van der Waals surface area (Å²) in [5.41, 5.74) is 6.30. The normalized spacial score (nSPS) is 24.7. The van der Waals surface area contributed by atoms with Gasteiger partial charge in [0, 0.05) is 25.3 Å². The number of amides is 1. The third kappa shape index (κ3) is 2.47. The van der Waals surface area contributed by atoms with Gasteiger partial charge in [-0.15, -0.1) is 0 Å². The molecular formula is C13H19N3O. The molecule has 2 N–H and O–H groups in total. The molecule has 0 saturated carbocycles. The fraction of sp³-hybridized carbons (Fsp3) is 0.538. The molecule has 17 heavy (non-hydrogen) atoms. The highest BCUT2D eigenvalue weighted by Gasteiger charge is 2.31. The van der Waals surface area contributed by atoms with E-state index in [1.807, 2.05) is 17.0 Å². The van der Waals surface area contributed by atoms with Crippen molar-refractivity contribution in [2.24, 2.45) is 11.7 Å². The predicted molar refractivity (Wildman–Crippen MR) is 66.5 cm³/mol. The Hall–Kier alpha value is -1.42. The topological polar surface area (TPSA) is 59.2 Å². The molecular weight excluding hydrogens is 214 g/mol. The number of aromatic nitrogens is 1. The molecule has 4 heteroatoms. The average Bonchev–Trinajstić information content (AvgIpc) is 2.38. The zero-order valence-electron chi connectivity index (χ0n) is 10.2. The van der Waals surface area contributed by atoms with Gasteiger partial charge >= 0.3 is 0 Å². The van der Waals surface area contributed by atoms with Crippen LogP contribution in [-0.2, 0) is 0 Å². The molecule has 0 radical (unpaired) electrons. The summed E-state index contributed by atoms with van der Waals surface area (Å²) < 4.78 is 0. The first-order valence-corrected chi connectivity index (χ1v) is 6.16. The molecule has 1 aromatic rings. The summed E-state index contributed by atoms with van der Waals surface area (Å²) >= 11 is 0. The Morgan fingerprint density at radius 2 is 2.41 bits per heavy atom. The van der Waals surface area contributed by atoms with E-state index in [0.717, 1.165) is 19.4 Å². The van der Waals surface area contributed by atoms with Crippen LogP contribution in [0, 0.1) is 5.92 Å². The quantitative estimate of drug-likeness (QED) is 0.837. The van der Waals surface area contributed by atoms with Crippen molar-refractivity contribution in [3.8, 4) is 0 Å². The van der Waals surface area contributed by atoms with Gasteiger partial charge in [-0.1, -0.05) is 13.0 Å². The van der Waals surface area contributed by atoms with Gasteiger partial charge in [0.15, 0.2) is 0 Å². The van der Waals surface area contributed by atoms with E-state index in [9.17, 15) is 4.79 Å². The van der Waals surface area contributed by atoms with Crippen LogP contribution in [0.1, 0.15) is 30.3 Å². The molecule has 1 aromatic heterocycles. The largest absolute Gasteiger partial charge is 0.333 e. The zero-order chi connectivity index (χ0) is 12.3. The zero-order valence-corrected chi connectivity index (χ0v) is 10.2. The lowest BCUT2D eigenvalue weighted by atomic mass is 9.90. The number of rotatable bonds is 2. The molecule has 1 saturated heterocycles. The third-order valence-electron chi connectivity index (χ3n) is 3.50. The fourth-order valence-corrected chi connectivity index (χ4v) is 2.50. The lowest BCUT2D eigenvalue weighted by Gasteiger charge is -2.39. The minimum Gasteiger partial charge on any atom is -0.333 e. The van der Waals surface area contributed by atoms with E-state index in [-0.39, 0.29) is 11.9 Å². The van der Waals surface area contributed by atoms with E-state index in [2.05, 4.69) is 11.9 Å². The second-order valence-corrected chi connectivity index (χ2v) is 4.64. The van der Waals surface area contributed by atoms with E-state index in [1.54, 1.807) is 12.3 Å². The van der Waals surface area contributed by atoms with Crippen molar-refractivity contribution >= 4 is 5.91 Å². The van der Waals surface area contributed by atoms with Crippen LogP contribution >= 0.6 is 0 Å². The SMILES string of the molecule is C[C@H]1CCCN(C(=O)c2ccccn2)[C@H]1CN.